The summed E-state index contributed by atoms with van der Waals surface area (Å²) in [5.74, 6) is -1.48. The topological polar surface area (TPSA) is 125 Å². The van der Waals surface area contributed by atoms with Gasteiger partial charge in [-0.1, -0.05) is 0 Å². The first-order chi connectivity index (χ1) is 18.1. The molecule has 2 aliphatic heterocycles. The summed E-state index contributed by atoms with van der Waals surface area (Å²) in [5.41, 5.74) is 0.0873. The third-order valence-corrected chi connectivity index (χ3v) is 6.71. The SMILES string of the molecule is CSCCCN1CCC2(CC1)CN(C)Cc1nnc(-c3ccco3)n12.O=C(O)C(F)(F)F.O=C(O)C(F)(F)F. The highest BCUT2D eigenvalue weighted by Gasteiger charge is 2.44. The number of piperidine rings is 1. The van der Waals surface area contributed by atoms with E-state index in [1.165, 1.54) is 18.7 Å². The molecule has 0 aliphatic carbocycles. The normalized spacial score (nSPS) is 17.4. The Balaban J connectivity index is 0.000000317. The number of likely N-dealkylation sites (tertiary alicyclic amines) is 1. The van der Waals surface area contributed by atoms with E-state index in [-0.39, 0.29) is 5.54 Å². The van der Waals surface area contributed by atoms with Crippen molar-refractivity contribution in [3.63, 3.8) is 0 Å². The molecular formula is C22H29F6N5O5S. The molecule has 0 bridgehead atoms. The number of furan rings is 1. The maximum atomic E-state index is 10.6. The van der Waals surface area contributed by atoms with Crippen LogP contribution >= 0.6 is 11.8 Å². The zero-order valence-corrected chi connectivity index (χ0v) is 21.9. The molecule has 1 spiro atoms. The van der Waals surface area contributed by atoms with E-state index in [2.05, 4.69) is 37.9 Å². The Labute approximate surface area is 223 Å². The highest BCUT2D eigenvalue weighted by atomic mass is 32.2. The lowest BCUT2D eigenvalue weighted by atomic mass is 9.84. The van der Waals surface area contributed by atoms with Crippen LogP contribution in [0.15, 0.2) is 22.8 Å². The molecular weight excluding hydrogens is 560 g/mol. The van der Waals surface area contributed by atoms with E-state index in [0.29, 0.717) is 0 Å². The second-order valence-corrected chi connectivity index (χ2v) is 9.93. The minimum atomic E-state index is -5.08. The number of nitrogens with zero attached hydrogens (tertiary/aromatic N) is 5. The van der Waals surface area contributed by atoms with Crippen molar-refractivity contribution in [2.24, 2.45) is 0 Å². The smallest absolute Gasteiger partial charge is 0.475 e. The number of thioether (sulfide) groups is 1. The fraction of sp³-hybridized carbons (Fsp3) is 0.636. The van der Waals surface area contributed by atoms with Gasteiger partial charge in [-0.15, -0.1) is 10.2 Å². The molecule has 1 fully saturated rings. The van der Waals surface area contributed by atoms with E-state index in [9.17, 15) is 26.3 Å². The molecule has 4 rings (SSSR count). The quantitative estimate of drug-likeness (QED) is 0.393. The van der Waals surface area contributed by atoms with E-state index >= 15 is 0 Å². The second kappa shape index (κ2) is 13.5. The standard InChI is InChI=1S/C18H27N5OS.2C2HF3O2/c1-21-13-16-19-20-17(15-5-3-11-24-15)23(16)18(14-21)6-9-22(10-7-18)8-4-12-25-2;2*3-2(4,5)1(6)7/h3,5,11H,4,6-10,12-14H2,1-2H3;2*(H,6,7). The van der Waals surface area contributed by atoms with Gasteiger partial charge in [0.15, 0.2) is 11.6 Å². The Morgan fingerprint density at radius 2 is 1.64 bits per heavy atom. The van der Waals surface area contributed by atoms with Crippen LogP contribution in [-0.4, -0.2) is 104 Å². The Kier molecular flexibility index (Phi) is 11.2. The number of alkyl halides is 6. The molecule has 0 aromatic carbocycles. The predicted molar refractivity (Wildman–Crippen MR) is 128 cm³/mol. The molecule has 2 aromatic rings. The van der Waals surface area contributed by atoms with Gasteiger partial charge in [0.2, 0.25) is 0 Å². The average molecular weight is 590 g/mol. The minimum absolute atomic E-state index is 0.0873. The first kappa shape index (κ1) is 32.4. The van der Waals surface area contributed by atoms with Crippen LogP contribution in [0, 0.1) is 0 Å². The number of hydrogen-bond acceptors (Lipinski definition) is 8. The van der Waals surface area contributed by atoms with Crippen molar-refractivity contribution in [2.45, 2.75) is 43.7 Å². The van der Waals surface area contributed by atoms with E-state index in [1.807, 2.05) is 23.9 Å². The van der Waals surface area contributed by atoms with E-state index in [4.69, 9.17) is 24.2 Å². The minimum Gasteiger partial charge on any atom is -0.475 e. The lowest BCUT2D eigenvalue weighted by Crippen LogP contribution is -2.55. The Morgan fingerprint density at radius 3 is 2.10 bits per heavy atom. The van der Waals surface area contributed by atoms with Crippen LogP contribution in [0.3, 0.4) is 0 Å². The molecule has 1 saturated heterocycles. The van der Waals surface area contributed by atoms with Gasteiger partial charge >= 0.3 is 24.3 Å². The molecule has 0 unspecified atom stereocenters. The van der Waals surface area contributed by atoms with Gasteiger partial charge in [-0.25, -0.2) is 9.59 Å². The Morgan fingerprint density at radius 1 is 1.08 bits per heavy atom. The van der Waals surface area contributed by atoms with Gasteiger partial charge in [0.25, 0.3) is 0 Å². The Hall–Kier alpha value is -2.79. The monoisotopic (exact) mass is 589 g/mol. The third kappa shape index (κ3) is 9.13. The van der Waals surface area contributed by atoms with Crippen LogP contribution in [0.1, 0.15) is 25.1 Å². The number of carbonyl (C=O) groups is 2. The van der Waals surface area contributed by atoms with Crippen LogP contribution in [0.5, 0.6) is 0 Å². The van der Waals surface area contributed by atoms with Crippen LogP contribution in [-0.2, 0) is 21.7 Å². The largest absolute Gasteiger partial charge is 0.490 e. The molecule has 2 aliphatic rings. The van der Waals surface area contributed by atoms with Crippen LogP contribution in [0.4, 0.5) is 26.3 Å². The van der Waals surface area contributed by atoms with Gasteiger partial charge in [0.1, 0.15) is 5.82 Å². The van der Waals surface area contributed by atoms with E-state index < -0.39 is 24.3 Å². The maximum absolute atomic E-state index is 10.6. The summed E-state index contributed by atoms with van der Waals surface area (Å²) in [5, 5.41) is 23.2. The molecule has 220 valence electrons. The Bertz CT molecular complexity index is 1040. The van der Waals surface area contributed by atoms with Gasteiger partial charge in [-0.05, 0) is 57.0 Å². The summed E-state index contributed by atoms with van der Waals surface area (Å²) in [7, 11) is 2.19. The molecule has 10 nitrogen and oxygen atoms in total. The molecule has 39 heavy (non-hydrogen) atoms. The number of aromatic nitrogens is 3. The lowest BCUT2D eigenvalue weighted by Gasteiger charge is -2.48. The first-order valence-electron chi connectivity index (χ1n) is 11.6. The summed E-state index contributed by atoms with van der Waals surface area (Å²) in [6, 6.07) is 3.91. The van der Waals surface area contributed by atoms with Gasteiger partial charge in [0, 0.05) is 19.6 Å². The molecule has 4 heterocycles. The van der Waals surface area contributed by atoms with Crippen LogP contribution in [0.2, 0.25) is 0 Å². The lowest BCUT2D eigenvalue weighted by molar-refractivity contribution is -0.193. The molecule has 2 N–H and O–H groups in total. The first-order valence-corrected chi connectivity index (χ1v) is 13.0. The van der Waals surface area contributed by atoms with Gasteiger partial charge in [0.05, 0.1) is 18.3 Å². The van der Waals surface area contributed by atoms with Crippen molar-refractivity contribution in [1.29, 1.82) is 0 Å². The van der Waals surface area contributed by atoms with Crippen molar-refractivity contribution < 1.29 is 50.6 Å². The van der Waals surface area contributed by atoms with Gasteiger partial charge in [-0.2, -0.15) is 38.1 Å². The van der Waals surface area contributed by atoms with Crippen molar-refractivity contribution in [3.8, 4) is 11.6 Å². The summed E-state index contributed by atoms with van der Waals surface area (Å²) < 4.78 is 71.5. The number of fused-ring (bicyclic) bond motifs is 2. The number of likely N-dealkylation sites (N-methyl/N-ethyl adjacent to an activating group) is 1. The molecule has 0 saturated carbocycles. The number of halogens is 6. The van der Waals surface area contributed by atoms with Crippen LogP contribution in [0.25, 0.3) is 11.6 Å². The highest BCUT2D eigenvalue weighted by molar-refractivity contribution is 7.98. The fourth-order valence-corrected chi connectivity index (χ4v) is 4.78. The van der Waals surface area contributed by atoms with E-state index in [1.54, 1.807) is 6.26 Å². The molecule has 2 aromatic heterocycles. The molecule has 17 heteroatoms. The maximum Gasteiger partial charge on any atom is 0.490 e. The zero-order valence-electron chi connectivity index (χ0n) is 21.1. The summed E-state index contributed by atoms with van der Waals surface area (Å²) in [6.07, 6.45) is -2.69. The van der Waals surface area contributed by atoms with Crippen molar-refractivity contribution in [3.05, 3.63) is 24.2 Å². The highest BCUT2D eigenvalue weighted by Crippen LogP contribution is 2.39. The number of hydrogen-bond donors (Lipinski definition) is 2. The summed E-state index contributed by atoms with van der Waals surface area (Å²) in [4.78, 5) is 22.8. The predicted octanol–water partition coefficient (Wildman–Crippen LogP) is 3.79. The average Bonchev–Trinajstić information content (AvgIpc) is 3.50. The number of carboxylic acid groups (broad SMARTS) is 2. The molecule has 0 amide bonds. The van der Waals surface area contributed by atoms with Crippen molar-refractivity contribution in [2.75, 3.05) is 45.2 Å². The third-order valence-electron chi connectivity index (χ3n) is 6.02. The van der Waals surface area contributed by atoms with Crippen molar-refractivity contribution >= 4 is 23.7 Å². The number of aliphatic carboxylic acids is 2. The fourth-order valence-electron chi connectivity index (χ4n) is 4.36. The van der Waals surface area contributed by atoms with Crippen LogP contribution < -0.4 is 0 Å². The van der Waals surface area contributed by atoms with Crippen molar-refractivity contribution in [1.82, 2.24) is 24.6 Å². The van der Waals surface area contributed by atoms with E-state index in [0.717, 1.165) is 56.4 Å². The number of carboxylic acids is 2. The van der Waals surface area contributed by atoms with Gasteiger partial charge in [-0.3, -0.25) is 9.47 Å². The number of rotatable bonds is 5. The molecule has 0 atom stereocenters. The zero-order chi connectivity index (χ0) is 29.4. The summed E-state index contributed by atoms with van der Waals surface area (Å²) >= 11 is 1.94. The summed E-state index contributed by atoms with van der Waals surface area (Å²) in [6.45, 7) is 5.43. The van der Waals surface area contributed by atoms with Gasteiger partial charge < -0.3 is 19.5 Å². The molecule has 0 radical (unpaired) electrons. The second-order valence-electron chi connectivity index (χ2n) is 8.94.